The normalized spacial score (nSPS) is 20.1. The average Bonchev–Trinajstić information content (AvgIpc) is 2.41. The van der Waals surface area contributed by atoms with Crippen molar-refractivity contribution in [1.82, 2.24) is 10.3 Å². The molecule has 1 fully saturated rings. The number of aromatic nitrogens is 1. The summed E-state index contributed by atoms with van der Waals surface area (Å²) in [6.07, 6.45) is 7.10. The molecule has 1 N–H and O–H groups in total. The molecule has 0 radical (unpaired) electrons. The lowest BCUT2D eigenvalue weighted by atomic mass is 10.0. The van der Waals surface area contributed by atoms with E-state index in [1.54, 1.807) is 0 Å². The minimum atomic E-state index is 0.612. The van der Waals surface area contributed by atoms with Crippen LogP contribution in [0.2, 0.25) is 0 Å². The third-order valence-electron chi connectivity index (χ3n) is 3.62. The topological polar surface area (TPSA) is 28.2 Å². The first-order valence-corrected chi connectivity index (χ1v) is 7.21. The van der Waals surface area contributed by atoms with Crippen molar-refractivity contribution in [1.29, 1.82) is 0 Å². The van der Waals surface area contributed by atoms with Gasteiger partial charge in [-0.05, 0) is 50.8 Å². The largest absolute Gasteiger partial charge is 0.352 e. The molecule has 0 saturated carbocycles. The maximum absolute atomic E-state index is 4.58. The zero-order chi connectivity index (χ0) is 12.8. The molecule has 1 saturated heterocycles. The third kappa shape index (κ3) is 3.45. The first-order valence-electron chi connectivity index (χ1n) is 7.21. The summed E-state index contributed by atoms with van der Waals surface area (Å²) in [5.74, 6) is 1.14. The third-order valence-corrected chi connectivity index (χ3v) is 3.62. The van der Waals surface area contributed by atoms with Crippen LogP contribution in [-0.2, 0) is 0 Å². The Morgan fingerprint density at radius 1 is 1.39 bits per heavy atom. The van der Waals surface area contributed by atoms with Crippen LogP contribution in [0.3, 0.4) is 0 Å². The fraction of sp³-hybridized carbons (Fsp3) is 0.667. The number of hydrogen-bond donors (Lipinski definition) is 1. The highest BCUT2D eigenvalue weighted by Crippen LogP contribution is 2.22. The molecule has 1 unspecified atom stereocenters. The molecular weight excluding hydrogens is 222 g/mol. The number of pyridine rings is 1. The molecule has 2 rings (SSSR count). The smallest absolute Gasteiger partial charge is 0.128 e. The van der Waals surface area contributed by atoms with Crippen LogP contribution in [-0.4, -0.2) is 30.7 Å². The summed E-state index contributed by atoms with van der Waals surface area (Å²) in [5.41, 5.74) is 1.23. The highest BCUT2D eigenvalue weighted by molar-refractivity contribution is 5.41. The van der Waals surface area contributed by atoms with Crippen molar-refractivity contribution in [2.45, 2.75) is 45.6 Å². The molecule has 1 atom stereocenters. The summed E-state index contributed by atoms with van der Waals surface area (Å²) in [5, 5.41) is 3.55. The summed E-state index contributed by atoms with van der Waals surface area (Å²) in [4.78, 5) is 7.06. The van der Waals surface area contributed by atoms with Gasteiger partial charge in [-0.1, -0.05) is 13.0 Å². The lowest BCUT2D eigenvalue weighted by Crippen LogP contribution is -2.46. The monoisotopic (exact) mass is 247 g/mol. The molecule has 3 heteroatoms. The fourth-order valence-electron chi connectivity index (χ4n) is 2.59. The predicted molar refractivity (Wildman–Crippen MR) is 77.1 cm³/mol. The van der Waals surface area contributed by atoms with Crippen molar-refractivity contribution in [3.8, 4) is 0 Å². The van der Waals surface area contributed by atoms with E-state index in [1.165, 1.54) is 31.2 Å². The lowest BCUT2D eigenvalue weighted by molar-refractivity contribution is 0.433. The maximum Gasteiger partial charge on any atom is 0.128 e. The molecule has 1 aromatic heterocycles. The number of rotatable bonds is 5. The van der Waals surface area contributed by atoms with Gasteiger partial charge in [0.15, 0.2) is 0 Å². The quantitative estimate of drug-likeness (QED) is 0.811. The van der Waals surface area contributed by atoms with E-state index < -0.39 is 0 Å². The number of aryl methyl sites for hydroxylation is 1. The first-order chi connectivity index (χ1) is 8.81. The van der Waals surface area contributed by atoms with Crippen molar-refractivity contribution in [3.63, 3.8) is 0 Å². The Balaban J connectivity index is 2.00. The Labute approximate surface area is 111 Å². The molecular formula is C15H25N3. The molecule has 100 valence electrons. The molecule has 3 nitrogen and oxygen atoms in total. The summed E-state index contributed by atoms with van der Waals surface area (Å²) in [7, 11) is 0. The molecule has 0 spiro atoms. The van der Waals surface area contributed by atoms with Gasteiger partial charge in [0.2, 0.25) is 0 Å². The van der Waals surface area contributed by atoms with Crippen LogP contribution in [0, 0.1) is 6.92 Å². The van der Waals surface area contributed by atoms with Crippen molar-refractivity contribution in [2.24, 2.45) is 0 Å². The Kier molecular flexibility index (Phi) is 5.00. The number of nitrogens with one attached hydrogen (secondary N) is 1. The van der Waals surface area contributed by atoms with Gasteiger partial charge in [-0.15, -0.1) is 0 Å². The predicted octanol–water partition coefficient (Wildman–Crippen LogP) is 2.75. The summed E-state index contributed by atoms with van der Waals surface area (Å²) in [6.45, 7) is 7.66. The lowest BCUT2D eigenvalue weighted by Gasteiger charge is -2.37. The highest BCUT2D eigenvalue weighted by atomic mass is 15.2. The van der Waals surface area contributed by atoms with Crippen LogP contribution in [0.1, 0.15) is 38.2 Å². The van der Waals surface area contributed by atoms with E-state index in [0.717, 1.165) is 25.5 Å². The van der Waals surface area contributed by atoms with Crippen LogP contribution in [0.4, 0.5) is 5.82 Å². The van der Waals surface area contributed by atoms with Gasteiger partial charge in [-0.3, -0.25) is 0 Å². The second-order valence-corrected chi connectivity index (χ2v) is 5.24. The van der Waals surface area contributed by atoms with E-state index in [4.69, 9.17) is 0 Å². The Morgan fingerprint density at radius 2 is 2.28 bits per heavy atom. The average molecular weight is 247 g/mol. The number of nitrogens with zero attached hydrogens (tertiary/aromatic N) is 2. The van der Waals surface area contributed by atoms with E-state index in [1.807, 2.05) is 6.20 Å². The summed E-state index contributed by atoms with van der Waals surface area (Å²) in [6, 6.07) is 4.93. The number of piperidine rings is 1. The summed E-state index contributed by atoms with van der Waals surface area (Å²) >= 11 is 0. The maximum atomic E-state index is 4.58. The Hall–Kier alpha value is -1.09. The zero-order valence-corrected chi connectivity index (χ0v) is 11.7. The Morgan fingerprint density at radius 3 is 3.00 bits per heavy atom. The van der Waals surface area contributed by atoms with Gasteiger partial charge in [0, 0.05) is 25.3 Å². The second kappa shape index (κ2) is 6.74. The SMILES string of the molecule is CCCNCC1CCCCN1c1ccc(C)cn1. The van der Waals surface area contributed by atoms with Crippen LogP contribution in [0.5, 0.6) is 0 Å². The molecule has 1 aromatic rings. The standard InChI is InChI=1S/C15H25N3/c1-3-9-16-12-14-6-4-5-10-18(14)15-8-7-13(2)11-17-15/h7-8,11,14,16H,3-6,9-10,12H2,1-2H3. The van der Waals surface area contributed by atoms with Gasteiger partial charge in [0.05, 0.1) is 0 Å². The van der Waals surface area contributed by atoms with Gasteiger partial charge in [-0.25, -0.2) is 4.98 Å². The summed E-state index contributed by atoms with van der Waals surface area (Å²) < 4.78 is 0. The molecule has 1 aliphatic heterocycles. The van der Waals surface area contributed by atoms with Crippen molar-refractivity contribution < 1.29 is 0 Å². The Bertz CT molecular complexity index is 347. The van der Waals surface area contributed by atoms with Gasteiger partial charge in [0.25, 0.3) is 0 Å². The van der Waals surface area contributed by atoms with Crippen molar-refractivity contribution in [3.05, 3.63) is 23.9 Å². The van der Waals surface area contributed by atoms with Crippen LogP contribution in [0.25, 0.3) is 0 Å². The van der Waals surface area contributed by atoms with E-state index in [9.17, 15) is 0 Å². The molecule has 1 aliphatic rings. The molecule has 2 heterocycles. The fourth-order valence-corrected chi connectivity index (χ4v) is 2.59. The van der Waals surface area contributed by atoms with Gasteiger partial charge < -0.3 is 10.2 Å². The second-order valence-electron chi connectivity index (χ2n) is 5.24. The minimum absolute atomic E-state index is 0.612. The molecule has 0 bridgehead atoms. The molecule has 0 amide bonds. The van der Waals surface area contributed by atoms with Crippen molar-refractivity contribution >= 4 is 5.82 Å². The van der Waals surface area contributed by atoms with E-state index in [2.05, 4.69) is 41.2 Å². The van der Waals surface area contributed by atoms with Gasteiger partial charge in [0.1, 0.15) is 5.82 Å². The van der Waals surface area contributed by atoms with Gasteiger partial charge >= 0.3 is 0 Å². The van der Waals surface area contributed by atoms with Crippen molar-refractivity contribution in [2.75, 3.05) is 24.5 Å². The molecule has 0 aromatic carbocycles. The minimum Gasteiger partial charge on any atom is -0.352 e. The number of anilines is 1. The van der Waals surface area contributed by atoms with E-state index in [-0.39, 0.29) is 0 Å². The number of hydrogen-bond acceptors (Lipinski definition) is 3. The zero-order valence-electron chi connectivity index (χ0n) is 11.7. The molecule has 18 heavy (non-hydrogen) atoms. The first kappa shape index (κ1) is 13.3. The van der Waals surface area contributed by atoms with Crippen LogP contribution >= 0.6 is 0 Å². The highest BCUT2D eigenvalue weighted by Gasteiger charge is 2.22. The van der Waals surface area contributed by atoms with Gasteiger partial charge in [-0.2, -0.15) is 0 Å². The van der Waals surface area contributed by atoms with Crippen LogP contribution < -0.4 is 10.2 Å². The van der Waals surface area contributed by atoms with E-state index >= 15 is 0 Å². The van der Waals surface area contributed by atoms with E-state index in [0.29, 0.717) is 6.04 Å². The molecule has 0 aliphatic carbocycles. The van der Waals surface area contributed by atoms with Crippen LogP contribution in [0.15, 0.2) is 18.3 Å².